The van der Waals surface area contributed by atoms with Crippen LogP contribution in [-0.2, 0) is 4.79 Å². The Kier molecular flexibility index (Phi) is 1.45. The highest BCUT2D eigenvalue weighted by Crippen LogP contribution is 2.49. The fraction of sp³-hybridized carbons (Fsp3) is 0.778. The first kappa shape index (κ1) is 7.74. The van der Waals surface area contributed by atoms with E-state index in [9.17, 15) is 4.79 Å². The molecule has 0 aromatic carbocycles. The van der Waals surface area contributed by atoms with Crippen LogP contribution in [0.25, 0.3) is 0 Å². The summed E-state index contributed by atoms with van der Waals surface area (Å²) in [5, 5.41) is 6.48. The molecule has 1 heterocycles. The van der Waals surface area contributed by atoms with Gasteiger partial charge in [0.15, 0.2) is 5.11 Å². The summed E-state index contributed by atoms with van der Waals surface area (Å²) < 4.78 is 0. The van der Waals surface area contributed by atoms with Gasteiger partial charge in [-0.15, -0.1) is 0 Å². The number of amides is 1. The van der Waals surface area contributed by atoms with Gasteiger partial charge < -0.3 is 10.6 Å². The molecule has 2 aliphatic carbocycles. The van der Waals surface area contributed by atoms with Crippen molar-refractivity contribution in [2.24, 2.45) is 17.8 Å². The second-order valence-corrected chi connectivity index (χ2v) is 4.76. The first-order valence-corrected chi connectivity index (χ1v) is 5.28. The van der Waals surface area contributed by atoms with Gasteiger partial charge in [0, 0.05) is 6.04 Å². The molecule has 0 unspecified atom stereocenters. The third-order valence-electron chi connectivity index (χ3n) is 3.75. The van der Waals surface area contributed by atoms with Crippen molar-refractivity contribution in [2.75, 3.05) is 0 Å². The normalized spacial score (nSPS) is 47.1. The van der Waals surface area contributed by atoms with Crippen molar-refractivity contribution in [3.63, 3.8) is 0 Å². The fourth-order valence-corrected chi connectivity index (χ4v) is 3.50. The summed E-state index contributed by atoms with van der Waals surface area (Å²) in [7, 11) is 0. The molecule has 3 fully saturated rings. The van der Waals surface area contributed by atoms with E-state index in [4.69, 9.17) is 12.2 Å². The second kappa shape index (κ2) is 2.44. The number of carbonyl (C=O) groups excluding carboxylic acids is 1. The van der Waals surface area contributed by atoms with Gasteiger partial charge in [-0.25, -0.2) is 0 Å². The standard InChI is InChI=1S/C9H12N2OS/c12-8-6-4-1-2-5(3-4)7(6)10-9(13)11-8/h4-7H,1-3H2,(H2,10,11,12,13)/t4-,5+,6-,7+/m0/s1. The molecule has 4 atom stereocenters. The minimum absolute atomic E-state index is 0.154. The van der Waals surface area contributed by atoms with Crippen LogP contribution in [0.2, 0.25) is 0 Å². The number of carbonyl (C=O) groups is 1. The van der Waals surface area contributed by atoms with E-state index in [1.165, 1.54) is 19.3 Å². The van der Waals surface area contributed by atoms with Crippen molar-refractivity contribution >= 4 is 23.2 Å². The molecular formula is C9H12N2OS. The molecule has 3 rings (SSSR count). The second-order valence-electron chi connectivity index (χ2n) is 4.35. The minimum atomic E-state index is 0.154. The molecule has 3 nitrogen and oxygen atoms in total. The largest absolute Gasteiger partial charge is 0.359 e. The Hall–Kier alpha value is -0.640. The summed E-state index contributed by atoms with van der Waals surface area (Å²) in [4.78, 5) is 11.6. The lowest BCUT2D eigenvalue weighted by molar-refractivity contribution is -0.126. The average molecular weight is 196 g/mol. The maximum absolute atomic E-state index is 11.6. The van der Waals surface area contributed by atoms with Crippen molar-refractivity contribution < 1.29 is 4.79 Å². The van der Waals surface area contributed by atoms with Crippen molar-refractivity contribution in [1.29, 1.82) is 0 Å². The number of thiocarbonyl (C=S) groups is 1. The van der Waals surface area contributed by atoms with E-state index in [1.807, 2.05) is 0 Å². The van der Waals surface area contributed by atoms with Gasteiger partial charge >= 0.3 is 0 Å². The van der Waals surface area contributed by atoms with E-state index < -0.39 is 0 Å². The zero-order chi connectivity index (χ0) is 9.00. The molecule has 13 heavy (non-hydrogen) atoms. The Morgan fingerprint density at radius 3 is 2.92 bits per heavy atom. The topological polar surface area (TPSA) is 41.1 Å². The lowest BCUT2D eigenvalue weighted by Gasteiger charge is -2.35. The Bertz CT molecular complexity index is 291. The number of hydrogen-bond donors (Lipinski definition) is 2. The molecule has 1 aliphatic heterocycles. The summed E-state index contributed by atoms with van der Waals surface area (Å²) in [6, 6.07) is 0.347. The van der Waals surface area contributed by atoms with Gasteiger partial charge in [-0.05, 0) is 43.3 Å². The summed E-state index contributed by atoms with van der Waals surface area (Å²) in [6.45, 7) is 0. The Labute approximate surface area is 82.3 Å². The maximum Gasteiger partial charge on any atom is 0.231 e. The fourth-order valence-electron chi connectivity index (χ4n) is 3.26. The highest BCUT2D eigenvalue weighted by Gasteiger charge is 2.52. The van der Waals surface area contributed by atoms with E-state index in [0.717, 1.165) is 0 Å². The predicted octanol–water partition coefficient (Wildman–Crippen LogP) is 0.405. The molecule has 0 aromatic heterocycles. The summed E-state index contributed by atoms with van der Waals surface area (Å²) in [6.07, 6.45) is 3.72. The highest BCUT2D eigenvalue weighted by atomic mass is 32.1. The van der Waals surface area contributed by atoms with Gasteiger partial charge in [0.2, 0.25) is 5.91 Å². The van der Waals surface area contributed by atoms with Crippen molar-refractivity contribution in [2.45, 2.75) is 25.3 Å². The van der Waals surface area contributed by atoms with Crippen LogP contribution >= 0.6 is 12.2 Å². The van der Waals surface area contributed by atoms with Crippen LogP contribution in [0.15, 0.2) is 0 Å². The van der Waals surface area contributed by atoms with Crippen molar-refractivity contribution in [3.8, 4) is 0 Å². The van der Waals surface area contributed by atoms with Gasteiger partial charge in [-0.3, -0.25) is 4.79 Å². The third-order valence-corrected chi connectivity index (χ3v) is 3.97. The van der Waals surface area contributed by atoms with Crippen LogP contribution in [0.1, 0.15) is 19.3 Å². The minimum Gasteiger partial charge on any atom is -0.359 e. The van der Waals surface area contributed by atoms with Crippen molar-refractivity contribution in [3.05, 3.63) is 0 Å². The van der Waals surface area contributed by atoms with Gasteiger partial charge in [0.05, 0.1) is 5.92 Å². The lowest BCUT2D eigenvalue weighted by Crippen LogP contribution is -2.59. The zero-order valence-electron chi connectivity index (χ0n) is 7.25. The summed E-state index contributed by atoms with van der Waals surface area (Å²) >= 11 is 4.98. The molecule has 3 aliphatic rings. The van der Waals surface area contributed by atoms with Crippen LogP contribution < -0.4 is 10.6 Å². The van der Waals surface area contributed by atoms with Gasteiger partial charge in [-0.1, -0.05) is 0 Å². The SMILES string of the molecule is O=C1NC(=S)N[C@@H]2[C@@H]3CC[C@@H](C3)[C@H]12. The molecule has 2 saturated carbocycles. The van der Waals surface area contributed by atoms with Crippen LogP contribution in [0, 0.1) is 17.8 Å². The molecule has 0 spiro atoms. The highest BCUT2D eigenvalue weighted by molar-refractivity contribution is 7.80. The number of hydrogen-bond acceptors (Lipinski definition) is 2. The van der Waals surface area contributed by atoms with E-state index in [1.54, 1.807) is 0 Å². The van der Waals surface area contributed by atoms with Gasteiger partial charge in [0.1, 0.15) is 0 Å². The summed E-state index contributed by atoms with van der Waals surface area (Å²) in [5.74, 6) is 1.66. The first-order chi connectivity index (χ1) is 6.25. The molecular weight excluding hydrogens is 184 g/mol. The van der Waals surface area contributed by atoms with E-state index in [0.29, 0.717) is 23.0 Å². The smallest absolute Gasteiger partial charge is 0.231 e. The molecule has 4 heteroatoms. The molecule has 2 N–H and O–H groups in total. The molecule has 0 aromatic rings. The van der Waals surface area contributed by atoms with Gasteiger partial charge in [0.25, 0.3) is 0 Å². The molecule has 1 amide bonds. The zero-order valence-corrected chi connectivity index (χ0v) is 8.06. The Morgan fingerprint density at radius 1 is 1.31 bits per heavy atom. The van der Waals surface area contributed by atoms with Crippen LogP contribution in [0.5, 0.6) is 0 Å². The molecule has 1 saturated heterocycles. The number of rotatable bonds is 0. The average Bonchev–Trinajstić information content (AvgIpc) is 2.62. The van der Waals surface area contributed by atoms with Crippen LogP contribution in [0.4, 0.5) is 0 Å². The molecule has 70 valence electrons. The van der Waals surface area contributed by atoms with E-state index in [-0.39, 0.29) is 11.8 Å². The summed E-state index contributed by atoms with van der Waals surface area (Å²) in [5.41, 5.74) is 0. The number of fused-ring (bicyclic) bond motifs is 5. The lowest BCUT2D eigenvalue weighted by atomic mass is 9.83. The molecule has 0 radical (unpaired) electrons. The molecule has 2 bridgehead atoms. The maximum atomic E-state index is 11.6. The third kappa shape index (κ3) is 0.950. The van der Waals surface area contributed by atoms with Crippen LogP contribution in [0.3, 0.4) is 0 Å². The van der Waals surface area contributed by atoms with Crippen molar-refractivity contribution in [1.82, 2.24) is 10.6 Å². The Morgan fingerprint density at radius 2 is 2.08 bits per heavy atom. The van der Waals surface area contributed by atoms with Gasteiger partial charge in [-0.2, -0.15) is 0 Å². The number of nitrogens with one attached hydrogen (secondary N) is 2. The predicted molar refractivity (Wildman–Crippen MR) is 52.0 cm³/mol. The van der Waals surface area contributed by atoms with E-state index in [2.05, 4.69) is 10.6 Å². The Balaban J connectivity index is 1.93. The van der Waals surface area contributed by atoms with Crippen LogP contribution in [-0.4, -0.2) is 17.1 Å². The van der Waals surface area contributed by atoms with E-state index >= 15 is 0 Å². The quantitative estimate of drug-likeness (QED) is 0.551. The monoisotopic (exact) mass is 196 g/mol. The first-order valence-electron chi connectivity index (χ1n) is 4.87.